The molecule has 4 aromatic carbocycles. The molecule has 4 aromatic rings. The van der Waals surface area contributed by atoms with Gasteiger partial charge in [0.1, 0.15) is 0 Å². The number of rotatable bonds is 5. The van der Waals surface area contributed by atoms with Crippen LogP contribution in [0.25, 0.3) is 0 Å². The van der Waals surface area contributed by atoms with Gasteiger partial charge in [-0.05, 0) is 28.8 Å². The van der Waals surface area contributed by atoms with Crippen LogP contribution >= 0.6 is 11.6 Å². The Morgan fingerprint density at radius 1 is 0.771 bits per heavy atom. The molecule has 0 spiro atoms. The van der Waals surface area contributed by atoms with Crippen LogP contribution in [0.15, 0.2) is 127 Å². The molecule has 0 aliphatic heterocycles. The molecule has 0 aromatic heterocycles. The van der Waals surface area contributed by atoms with E-state index in [0.29, 0.717) is 21.9 Å². The first-order valence-corrected chi connectivity index (χ1v) is 11.8. The summed E-state index contributed by atoms with van der Waals surface area (Å²) in [5.74, 6) is -1.29. The summed E-state index contributed by atoms with van der Waals surface area (Å²) in [6.07, 6.45) is 0. The number of Topliss-reactive ketones (excluding diaryl/α,β-unsaturated/α-hetero) is 1. The van der Waals surface area contributed by atoms with Crippen molar-refractivity contribution in [3.8, 4) is 6.07 Å². The molecule has 3 nitrogen and oxygen atoms in total. The summed E-state index contributed by atoms with van der Waals surface area (Å²) >= 11 is 6.25. The third-order valence-corrected chi connectivity index (χ3v) is 7.21. The van der Waals surface area contributed by atoms with Gasteiger partial charge in [0.15, 0.2) is 5.78 Å². The second-order valence-electron chi connectivity index (χ2n) is 8.72. The Morgan fingerprint density at radius 2 is 1.26 bits per heavy atom. The van der Waals surface area contributed by atoms with Crippen LogP contribution in [0.1, 0.15) is 33.0 Å². The van der Waals surface area contributed by atoms with Crippen molar-refractivity contribution in [1.82, 2.24) is 0 Å². The molecule has 1 aliphatic carbocycles. The molecular weight excluding hydrogens is 452 g/mol. The Hall–Kier alpha value is -4.13. The van der Waals surface area contributed by atoms with Gasteiger partial charge in [-0.2, -0.15) is 5.26 Å². The van der Waals surface area contributed by atoms with Gasteiger partial charge in [0.25, 0.3) is 0 Å². The summed E-state index contributed by atoms with van der Waals surface area (Å²) in [4.78, 5) is 14.1. The molecule has 0 saturated heterocycles. The Balaban J connectivity index is 1.88. The van der Waals surface area contributed by atoms with E-state index >= 15 is 0 Å². The average molecular weight is 475 g/mol. The maximum atomic E-state index is 14.1. The number of benzene rings is 4. The largest absolute Gasteiger partial charge is 0.401 e. The van der Waals surface area contributed by atoms with Gasteiger partial charge in [-0.3, -0.25) is 4.79 Å². The zero-order valence-corrected chi connectivity index (χ0v) is 19.7. The number of halogens is 1. The molecule has 4 heteroatoms. The van der Waals surface area contributed by atoms with Crippen molar-refractivity contribution < 1.29 is 4.79 Å². The van der Waals surface area contributed by atoms with Crippen molar-refractivity contribution >= 4 is 17.4 Å². The van der Waals surface area contributed by atoms with Crippen molar-refractivity contribution in [3.05, 3.63) is 154 Å². The van der Waals surface area contributed by atoms with E-state index < -0.39 is 17.3 Å². The van der Waals surface area contributed by atoms with Gasteiger partial charge in [-0.1, -0.05) is 115 Å². The molecule has 0 amide bonds. The monoisotopic (exact) mass is 474 g/mol. The lowest BCUT2D eigenvalue weighted by atomic mass is 9.60. The quantitative estimate of drug-likeness (QED) is 0.329. The number of nitrogens with two attached hydrogens (primary N) is 1. The Morgan fingerprint density at radius 3 is 1.74 bits per heavy atom. The highest BCUT2D eigenvalue weighted by Gasteiger charge is 2.58. The van der Waals surface area contributed by atoms with E-state index in [1.54, 1.807) is 12.1 Å². The van der Waals surface area contributed by atoms with Crippen molar-refractivity contribution in [2.24, 2.45) is 11.7 Å². The van der Waals surface area contributed by atoms with E-state index in [0.717, 1.165) is 16.7 Å². The van der Waals surface area contributed by atoms with Crippen molar-refractivity contribution in [1.29, 1.82) is 5.26 Å². The number of carbonyl (C=O) groups excluding carboxylic acids is 1. The second-order valence-corrected chi connectivity index (χ2v) is 9.16. The van der Waals surface area contributed by atoms with Crippen LogP contribution in [0.3, 0.4) is 0 Å². The van der Waals surface area contributed by atoms with Crippen molar-refractivity contribution in [2.75, 3.05) is 0 Å². The van der Waals surface area contributed by atoms with Gasteiger partial charge in [-0.25, -0.2) is 0 Å². The van der Waals surface area contributed by atoms with Gasteiger partial charge < -0.3 is 5.73 Å². The molecule has 0 fully saturated rings. The fourth-order valence-corrected chi connectivity index (χ4v) is 5.65. The molecule has 5 rings (SSSR count). The molecule has 0 radical (unpaired) electrons. The van der Waals surface area contributed by atoms with Gasteiger partial charge in [0, 0.05) is 22.2 Å². The smallest absolute Gasteiger partial charge is 0.172 e. The van der Waals surface area contributed by atoms with E-state index in [2.05, 4.69) is 6.07 Å². The van der Waals surface area contributed by atoms with E-state index in [-0.39, 0.29) is 5.78 Å². The standard InChI is InChI=1S/C31H23ClN2O/c32-25-18-16-21(17-19-25)28-27(30(35)22-10-4-1-5-11-22)29(34)26(20-33)31(28,23-12-6-2-7-13-23)24-14-8-3-9-15-24/h1-19,27-28H,34H2. The minimum atomic E-state index is -0.954. The third-order valence-electron chi connectivity index (χ3n) is 6.96. The van der Waals surface area contributed by atoms with Crippen LogP contribution in [-0.4, -0.2) is 5.78 Å². The Labute approximate surface area is 210 Å². The SMILES string of the molecule is N#CC1=C(N)C(C(=O)c2ccccc2)C(c2ccc(Cl)cc2)C1(c1ccccc1)c1ccccc1. The lowest BCUT2D eigenvalue weighted by molar-refractivity contribution is 0.0919. The second kappa shape index (κ2) is 9.25. The topological polar surface area (TPSA) is 66.9 Å². The summed E-state index contributed by atoms with van der Waals surface area (Å²) in [6, 6.07) is 38.8. The summed E-state index contributed by atoms with van der Waals surface area (Å²) in [7, 11) is 0. The summed E-state index contributed by atoms with van der Waals surface area (Å²) in [5.41, 5.74) is 9.84. The maximum absolute atomic E-state index is 14.1. The molecule has 1 aliphatic rings. The number of nitriles is 1. The highest BCUT2D eigenvalue weighted by Crippen LogP contribution is 2.59. The highest BCUT2D eigenvalue weighted by molar-refractivity contribution is 6.30. The number of nitrogens with zero attached hydrogens (tertiary/aromatic N) is 1. The van der Waals surface area contributed by atoms with E-state index in [1.807, 2.05) is 103 Å². The fraction of sp³-hybridized carbons (Fsp3) is 0.0968. The third kappa shape index (κ3) is 3.64. The van der Waals surface area contributed by atoms with E-state index in [4.69, 9.17) is 17.3 Å². The summed E-state index contributed by atoms with van der Waals surface area (Å²) in [6.45, 7) is 0. The molecule has 2 atom stereocenters. The zero-order chi connectivity index (χ0) is 24.4. The normalized spacial score (nSPS) is 18.7. The molecule has 35 heavy (non-hydrogen) atoms. The van der Waals surface area contributed by atoms with Crippen LogP contribution in [0.2, 0.25) is 5.02 Å². The molecule has 0 heterocycles. The van der Waals surface area contributed by atoms with Crippen LogP contribution in [0.4, 0.5) is 0 Å². The zero-order valence-electron chi connectivity index (χ0n) is 18.9. The maximum Gasteiger partial charge on any atom is 0.172 e. The van der Waals surface area contributed by atoms with Gasteiger partial charge >= 0.3 is 0 Å². The molecule has 0 bridgehead atoms. The van der Waals surface area contributed by atoms with Gasteiger partial charge in [0.2, 0.25) is 0 Å². The van der Waals surface area contributed by atoms with E-state index in [9.17, 15) is 10.1 Å². The van der Waals surface area contributed by atoms with Crippen LogP contribution in [0.5, 0.6) is 0 Å². The van der Waals surface area contributed by atoms with Crippen molar-refractivity contribution in [3.63, 3.8) is 0 Å². The molecule has 0 saturated carbocycles. The Kier molecular flexibility index (Phi) is 5.99. The predicted octanol–water partition coefficient (Wildman–Crippen LogP) is 6.66. The summed E-state index contributed by atoms with van der Waals surface area (Å²) in [5, 5.41) is 11.2. The fourth-order valence-electron chi connectivity index (χ4n) is 5.52. The first kappa shape index (κ1) is 22.7. The van der Waals surface area contributed by atoms with Crippen LogP contribution in [0, 0.1) is 17.2 Å². The number of allylic oxidation sites excluding steroid dienone is 2. The summed E-state index contributed by atoms with van der Waals surface area (Å²) < 4.78 is 0. The molecule has 2 unspecified atom stereocenters. The average Bonchev–Trinajstić information content (AvgIpc) is 3.19. The van der Waals surface area contributed by atoms with Crippen LogP contribution in [-0.2, 0) is 5.41 Å². The minimum Gasteiger partial charge on any atom is -0.401 e. The predicted molar refractivity (Wildman–Crippen MR) is 139 cm³/mol. The number of hydrogen-bond acceptors (Lipinski definition) is 3. The minimum absolute atomic E-state index is 0.107. The van der Waals surface area contributed by atoms with Crippen LogP contribution < -0.4 is 5.73 Å². The molecule has 170 valence electrons. The van der Waals surface area contributed by atoms with Crippen molar-refractivity contribution in [2.45, 2.75) is 11.3 Å². The first-order valence-electron chi connectivity index (χ1n) is 11.4. The number of carbonyl (C=O) groups is 1. The number of hydrogen-bond donors (Lipinski definition) is 1. The van der Waals surface area contributed by atoms with Gasteiger partial charge in [-0.15, -0.1) is 0 Å². The molecule has 2 N–H and O–H groups in total. The molecular formula is C31H23ClN2O. The van der Waals surface area contributed by atoms with Gasteiger partial charge in [0.05, 0.1) is 23.0 Å². The highest BCUT2D eigenvalue weighted by atomic mass is 35.5. The lowest BCUT2D eigenvalue weighted by Crippen LogP contribution is -2.37. The van der Waals surface area contributed by atoms with E-state index in [1.165, 1.54) is 0 Å². The Bertz CT molecular complexity index is 1380. The first-order chi connectivity index (χ1) is 17.1. The lowest BCUT2D eigenvalue weighted by Gasteiger charge is -2.39. The number of ketones is 1.